The Kier molecular flexibility index (Phi) is 2.55. The molecular formula is C14H14N2O2. The summed E-state index contributed by atoms with van der Waals surface area (Å²) in [4.78, 5) is 16.9. The number of benzene rings is 1. The SMILES string of the molecule is O=C(c1ccc[nH]1)N1CCCc2cccc(O)c21. The van der Waals surface area contributed by atoms with Gasteiger partial charge in [0.15, 0.2) is 0 Å². The van der Waals surface area contributed by atoms with E-state index < -0.39 is 0 Å². The number of carbonyl (C=O) groups excluding carboxylic acids is 1. The lowest BCUT2D eigenvalue weighted by Gasteiger charge is -2.29. The quantitative estimate of drug-likeness (QED) is 0.806. The molecule has 4 heteroatoms. The molecule has 2 aromatic rings. The topological polar surface area (TPSA) is 56.3 Å². The fourth-order valence-corrected chi connectivity index (χ4v) is 2.44. The van der Waals surface area contributed by atoms with Crippen molar-refractivity contribution in [2.75, 3.05) is 11.4 Å². The summed E-state index contributed by atoms with van der Waals surface area (Å²) in [5.74, 6) is 0.0783. The Labute approximate surface area is 105 Å². The van der Waals surface area contributed by atoms with Gasteiger partial charge in [0.2, 0.25) is 0 Å². The molecule has 3 rings (SSSR count). The zero-order valence-electron chi connectivity index (χ0n) is 9.89. The highest BCUT2D eigenvalue weighted by atomic mass is 16.3. The molecule has 1 aromatic carbocycles. The van der Waals surface area contributed by atoms with Crippen LogP contribution in [0.15, 0.2) is 36.5 Å². The fourth-order valence-electron chi connectivity index (χ4n) is 2.44. The van der Waals surface area contributed by atoms with Crippen LogP contribution in [0.4, 0.5) is 5.69 Å². The summed E-state index contributed by atoms with van der Waals surface area (Å²) < 4.78 is 0. The van der Waals surface area contributed by atoms with Crippen LogP contribution < -0.4 is 4.90 Å². The van der Waals surface area contributed by atoms with E-state index in [1.807, 2.05) is 12.1 Å². The number of phenolic OH excluding ortho intramolecular Hbond substituents is 1. The number of hydrogen-bond acceptors (Lipinski definition) is 2. The van der Waals surface area contributed by atoms with Gasteiger partial charge in [0.1, 0.15) is 11.4 Å². The number of aromatic hydroxyl groups is 1. The molecule has 0 bridgehead atoms. The van der Waals surface area contributed by atoms with E-state index in [1.165, 1.54) is 0 Å². The van der Waals surface area contributed by atoms with E-state index in [0.717, 1.165) is 18.4 Å². The molecule has 4 nitrogen and oxygen atoms in total. The summed E-state index contributed by atoms with van der Waals surface area (Å²) in [5.41, 5.74) is 2.23. The van der Waals surface area contributed by atoms with Crippen LogP contribution >= 0.6 is 0 Å². The van der Waals surface area contributed by atoms with Gasteiger partial charge in [-0.1, -0.05) is 12.1 Å². The van der Waals surface area contributed by atoms with Crippen molar-refractivity contribution in [2.45, 2.75) is 12.8 Å². The average molecular weight is 242 g/mol. The molecule has 1 aromatic heterocycles. The first-order valence-corrected chi connectivity index (χ1v) is 6.03. The molecule has 1 amide bonds. The van der Waals surface area contributed by atoms with Crippen LogP contribution in [0.3, 0.4) is 0 Å². The van der Waals surface area contributed by atoms with Crippen molar-refractivity contribution in [3.8, 4) is 5.75 Å². The van der Waals surface area contributed by atoms with Crippen molar-refractivity contribution in [3.63, 3.8) is 0 Å². The van der Waals surface area contributed by atoms with E-state index in [9.17, 15) is 9.90 Å². The Hall–Kier alpha value is -2.23. The fraction of sp³-hybridized carbons (Fsp3) is 0.214. The largest absolute Gasteiger partial charge is 0.506 e. The third kappa shape index (κ3) is 1.66. The number of H-pyrrole nitrogens is 1. The normalized spacial score (nSPS) is 14.3. The minimum absolute atomic E-state index is 0.0950. The number of anilines is 1. The van der Waals surface area contributed by atoms with Crippen molar-refractivity contribution in [1.29, 1.82) is 0 Å². The standard InChI is InChI=1S/C14H14N2O2/c17-12-7-1-4-10-5-3-9-16(13(10)12)14(18)11-6-2-8-15-11/h1-2,4,6-8,15,17H,3,5,9H2. The number of amides is 1. The number of aromatic amines is 1. The van der Waals surface area contributed by atoms with Crippen LogP contribution in [0.25, 0.3) is 0 Å². The Morgan fingerprint density at radius 3 is 2.94 bits per heavy atom. The predicted molar refractivity (Wildman–Crippen MR) is 68.9 cm³/mol. The molecule has 0 saturated heterocycles. The molecule has 1 aliphatic heterocycles. The van der Waals surface area contributed by atoms with Gasteiger partial charge in [0, 0.05) is 12.7 Å². The van der Waals surface area contributed by atoms with E-state index in [2.05, 4.69) is 4.98 Å². The van der Waals surface area contributed by atoms with Gasteiger partial charge in [-0.15, -0.1) is 0 Å². The molecule has 0 spiro atoms. The number of nitrogens with one attached hydrogen (secondary N) is 1. The number of aryl methyl sites for hydroxylation is 1. The number of hydrogen-bond donors (Lipinski definition) is 2. The highest BCUT2D eigenvalue weighted by Gasteiger charge is 2.26. The van der Waals surface area contributed by atoms with Crippen LogP contribution in [0.2, 0.25) is 0 Å². The molecule has 1 aliphatic rings. The van der Waals surface area contributed by atoms with Gasteiger partial charge >= 0.3 is 0 Å². The number of carbonyl (C=O) groups is 1. The lowest BCUT2D eigenvalue weighted by molar-refractivity contribution is 0.0980. The van der Waals surface area contributed by atoms with Gasteiger partial charge in [-0.25, -0.2) is 0 Å². The second kappa shape index (κ2) is 4.22. The Morgan fingerprint density at radius 2 is 2.17 bits per heavy atom. The second-order valence-corrected chi connectivity index (χ2v) is 4.43. The van der Waals surface area contributed by atoms with Crippen molar-refractivity contribution < 1.29 is 9.90 Å². The van der Waals surface area contributed by atoms with E-state index in [-0.39, 0.29) is 11.7 Å². The number of fused-ring (bicyclic) bond motifs is 1. The lowest BCUT2D eigenvalue weighted by atomic mass is 10.0. The smallest absolute Gasteiger partial charge is 0.274 e. The van der Waals surface area contributed by atoms with E-state index in [1.54, 1.807) is 29.3 Å². The molecular weight excluding hydrogens is 228 g/mol. The maximum absolute atomic E-state index is 12.4. The summed E-state index contributed by atoms with van der Waals surface area (Å²) in [7, 11) is 0. The molecule has 0 aliphatic carbocycles. The summed E-state index contributed by atoms with van der Waals surface area (Å²) in [5, 5.41) is 9.97. The molecule has 0 unspecified atom stereocenters. The summed E-state index contributed by atoms with van der Waals surface area (Å²) in [6, 6.07) is 8.94. The number of aromatic nitrogens is 1. The predicted octanol–water partition coefficient (Wildman–Crippen LogP) is 2.31. The molecule has 18 heavy (non-hydrogen) atoms. The molecule has 0 radical (unpaired) electrons. The van der Waals surface area contributed by atoms with Gasteiger partial charge < -0.3 is 15.0 Å². The van der Waals surface area contributed by atoms with Gasteiger partial charge in [0.25, 0.3) is 5.91 Å². The third-order valence-corrected chi connectivity index (χ3v) is 3.27. The third-order valence-electron chi connectivity index (χ3n) is 3.27. The van der Waals surface area contributed by atoms with Crippen LogP contribution in [-0.4, -0.2) is 22.5 Å². The molecule has 2 heterocycles. The highest BCUT2D eigenvalue weighted by Crippen LogP contribution is 2.35. The number of nitrogens with zero attached hydrogens (tertiary/aromatic N) is 1. The summed E-state index contributed by atoms with van der Waals surface area (Å²) >= 11 is 0. The first kappa shape index (κ1) is 10.9. The zero-order valence-corrected chi connectivity index (χ0v) is 9.89. The maximum Gasteiger partial charge on any atom is 0.274 e. The minimum Gasteiger partial charge on any atom is -0.506 e. The maximum atomic E-state index is 12.4. The number of phenols is 1. The minimum atomic E-state index is -0.0950. The van der Waals surface area contributed by atoms with Gasteiger partial charge in [-0.3, -0.25) is 4.79 Å². The molecule has 92 valence electrons. The molecule has 0 saturated carbocycles. The van der Waals surface area contributed by atoms with E-state index in [4.69, 9.17) is 0 Å². The van der Waals surface area contributed by atoms with Crippen LogP contribution in [0.1, 0.15) is 22.5 Å². The van der Waals surface area contributed by atoms with Crippen molar-refractivity contribution in [3.05, 3.63) is 47.8 Å². The zero-order chi connectivity index (χ0) is 12.5. The van der Waals surface area contributed by atoms with Gasteiger partial charge in [-0.05, 0) is 36.6 Å². The summed E-state index contributed by atoms with van der Waals surface area (Å²) in [6.45, 7) is 0.641. The van der Waals surface area contributed by atoms with Crippen molar-refractivity contribution >= 4 is 11.6 Å². The van der Waals surface area contributed by atoms with Crippen LogP contribution in [0.5, 0.6) is 5.75 Å². The summed E-state index contributed by atoms with van der Waals surface area (Å²) in [6.07, 6.45) is 3.55. The average Bonchev–Trinajstić information content (AvgIpc) is 2.91. The van der Waals surface area contributed by atoms with E-state index >= 15 is 0 Å². The number of rotatable bonds is 1. The lowest BCUT2D eigenvalue weighted by Crippen LogP contribution is -2.35. The van der Waals surface area contributed by atoms with Gasteiger partial charge in [-0.2, -0.15) is 0 Å². The first-order chi connectivity index (χ1) is 8.77. The molecule has 0 fully saturated rings. The van der Waals surface area contributed by atoms with Crippen molar-refractivity contribution in [2.24, 2.45) is 0 Å². The van der Waals surface area contributed by atoms with Crippen LogP contribution in [-0.2, 0) is 6.42 Å². The van der Waals surface area contributed by atoms with Crippen molar-refractivity contribution in [1.82, 2.24) is 4.98 Å². The Balaban J connectivity index is 2.04. The van der Waals surface area contributed by atoms with E-state index in [0.29, 0.717) is 17.9 Å². The second-order valence-electron chi connectivity index (χ2n) is 4.43. The van der Waals surface area contributed by atoms with Gasteiger partial charge in [0.05, 0.1) is 5.69 Å². The Morgan fingerprint density at radius 1 is 1.28 bits per heavy atom. The first-order valence-electron chi connectivity index (χ1n) is 6.03. The monoisotopic (exact) mass is 242 g/mol. The highest BCUT2D eigenvalue weighted by molar-refractivity contribution is 6.06. The number of para-hydroxylation sites is 1. The van der Waals surface area contributed by atoms with Crippen LogP contribution in [0, 0.1) is 0 Å². The molecule has 0 atom stereocenters. The molecule has 2 N–H and O–H groups in total. The Bertz CT molecular complexity index is 575.